The van der Waals surface area contributed by atoms with Crippen LogP contribution in [0.25, 0.3) is 0 Å². The van der Waals surface area contributed by atoms with Crippen LogP contribution in [0.2, 0.25) is 0 Å². The van der Waals surface area contributed by atoms with E-state index in [1.807, 2.05) is 0 Å². The van der Waals surface area contributed by atoms with Gasteiger partial charge in [-0.1, -0.05) is 11.6 Å². The van der Waals surface area contributed by atoms with Gasteiger partial charge in [0.25, 0.3) is 0 Å². The van der Waals surface area contributed by atoms with Crippen LogP contribution in [0.15, 0.2) is 4.52 Å². The molecule has 2 rings (SSSR count). The number of rotatable bonds is 1. The Balaban J connectivity index is 2.12. The highest BCUT2D eigenvalue weighted by Crippen LogP contribution is 2.29. The molecular formula is C8H10F3N3O. The van der Waals surface area contributed by atoms with E-state index in [1.54, 1.807) is 0 Å². The van der Waals surface area contributed by atoms with Crippen LogP contribution in [0.5, 0.6) is 0 Å². The second-order valence-corrected chi connectivity index (χ2v) is 3.46. The Morgan fingerprint density at radius 2 is 2.13 bits per heavy atom. The lowest BCUT2D eigenvalue weighted by Gasteiger charge is -2.19. The third-order valence-electron chi connectivity index (χ3n) is 2.31. The molecule has 0 bridgehead atoms. The predicted octanol–water partition coefficient (Wildman–Crippen LogP) is 1.90. The van der Waals surface area contributed by atoms with Crippen molar-refractivity contribution in [3.63, 3.8) is 0 Å². The molecule has 0 radical (unpaired) electrons. The van der Waals surface area contributed by atoms with Crippen molar-refractivity contribution in [2.75, 3.05) is 6.54 Å². The van der Waals surface area contributed by atoms with E-state index in [0.29, 0.717) is 0 Å². The highest BCUT2D eigenvalue weighted by molar-refractivity contribution is 4.97. The van der Waals surface area contributed by atoms with E-state index < -0.39 is 12.1 Å². The van der Waals surface area contributed by atoms with Crippen molar-refractivity contribution in [1.29, 1.82) is 0 Å². The Bertz CT molecular complexity index is 330. The average Bonchev–Trinajstić information content (AvgIpc) is 2.67. The number of alkyl halides is 3. The summed E-state index contributed by atoms with van der Waals surface area (Å²) in [5.41, 5.74) is 0. The maximum absolute atomic E-state index is 12.2. The molecule has 1 aromatic heterocycles. The van der Waals surface area contributed by atoms with E-state index in [2.05, 4.69) is 20.0 Å². The van der Waals surface area contributed by atoms with Crippen LogP contribution in [0, 0.1) is 0 Å². The summed E-state index contributed by atoms with van der Waals surface area (Å²) in [6, 6.07) is -0.210. The number of aromatic nitrogens is 2. The number of piperidine rings is 1. The maximum Gasteiger partial charge on any atom is 0.471 e. The number of hydrogen-bond donors (Lipinski definition) is 1. The van der Waals surface area contributed by atoms with Crippen LogP contribution in [0.1, 0.15) is 37.0 Å². The zero-order valence-electron chi connectivity index (χ0n) is 7.84. The van der Waals surface area contributed by atoms with Crippen LogP contribution < -0.4 is 5.32 Å². The Morgan fingerprint density at radius 3 is 2.67 bits per heavy atom. The fraction of sp³-hybridized carbons (Fsp3) is 0.750. The van der Waals surface area contributed by atoms with Crippen LogP contribution in [-0.4, -0.2) is 16.7 Å². The second-order valence-electron chi connectivity index (χ2n) is 3.46. The quantitative estimate of drug-likeness (QED) is 0.786. The average molecular weight is 221 g/mol. The van der Waals surface area contributed by atoms with Crippen molar-refractivity contribution < 1.29 is 17.7 Å². The number of nitrogens with one attached hydrogen (secondary N) is 1. The Morgan fingerprint density at radius 1 is 1.33 bits per heavy atom. The van der Waals surface area contributed by atoms with Gasteiger partial charge in [0, 0.05) is 0 Å². The van der Waals surface area contributed by atoms with Gasteiger partial charge in [-0.3, -0.25) is 0 Å². The molecule has 2 heterocycles. The molecule has 0 unspecified atom stereocenters. The van der Waals surface area contributed by atoms with Crippen LogP contribution in [0.3, 0.4) is 0 Å². The first-order chi connectivity index (χ1) is 7.07. The van der Waals surface area contributed by atoms with E-state index in [4.69, 9.17) is 0 Å². The molecule has 1 atom stereocenters. The minimum Gasteiger partial charge on any atom is -0.329 e. The van der Waals surface area contributed by atoms with Gasteiger partial charge in [-0.15, -0.1) is 0 Å². The van der Waals surface area contributed by atoms with Crippen LogP contribution in [0.4, 0.5) is 13.2 Å². The summed E-state index contributed by atoms with van der Waals surface area (Å²) in [4.78, 5) is 3.34. The second kappa shape index (κ2) is 3.80. The summed E-state index contributed by atoms with van der Waals surface area (Å²) in [5, 5.41) is 6.39. The number of nitrogens with zero attached hydrogens (tertiary/aromatic N) is 2. The highest BCUT2D eigenvalue weighted by atomic mass is 19.4. The summed E-state index contributed by atoms with van der Waals surface area (Å²) in [5.74, 6) is -1.17. The van der Waals surface area contributed by atoms with E-state index in [1.165, 1.54) is 0 Å². The number of hydrogen-bond acceptors (Lipinski definition) is 4. The lowest BCUT2D eigenvalue weighted by molar-refractivity contribution is -0.159. The molecule has 1 N–H and O–H groups in total. The van der Waals surface area contributed by atoms with Crippen molar-refractivity contribution in [2.45, 2.75) is 31.5 Å². The molecule has 0 saturated carbocycles. The summed E-state index contributed by atoms with van der Waals surface area (Å²) in [6.07, 6.45) is -1.81. The summed E-state index contributed by atoms with van der Waals surface area (Å²) < 4.78 is 40.6. The lowest BCUT2D eigenvalue weighted by atomic mass is 10.0. The first-order valence-electron chi connectivity index (χ1n) is 4.71. The van der Waals surface area contributed by atoms with Crippen molar-refractivity contribution >= 4 is 0 Å². The fourth-order valence-electron chi connectivity index (χ4n) is 1.56. The standard InChI is InChI=1S/C8H10F3N3O/c9-8(10,11)7-13-6(14-15-7)5-3-1-2-4-12-5/h5,12H,1-4H2/t5-/m0/s1. The molecule has 1 saturated heterocycles. The molecule has 0 amide bonds. The lowest BCUT2D eigenvalue weighted by Crippen LogP contribution is -2.27. The molecule has 4 nitrogen and oxygen atoms in total. The van der Waals surface area contributed by atoms with Gasteiger partial charge in [0.05, 0.1) is 6.04 Å². The molecule has 1 aliphatic rings. The molecule has 1 aliphatic heterocycles. The van der Waals surface area contributed by atoms with Gasteiger partial charge in [-0.05, 0) is 19.4 Å². The summed E-state index contributed by atoms with van der Waals surface area (Å²) >= 11 is 0. The maximum atomic E-state index is 12.2. The smallest absolute Gasteiger partial charge is 0.329 e. The summed E-state index contributed by atoms with van der Waals surface area (Å²) in [7, 11) is 0. The Hall–Kier alpha value is -1.11. The fourth-order valence-corrected chi connectivity index (χ4v) is 1.56. The number of halogens is 3. The third kappa shape index (κ3) is 2.28. The van der Waals surface area contributed by atoms with Crippen LogP contribution >= 0.6 is 0 Å². The van der Waals surface area contributed by atoms with Gasteiger partial charge in [-0.2, -0.15) is 18.2 Å². The van der Waals surface area contributed by atoms with Crippen molar-refractivity contribution in [3.8, 4) is 0 Å². The van der Waals surface area contributed by atoms with Crippen molar-refractivity contribution in [3.05, 3.63) is 11.7 Å². The molecule has 1 fully saturated rings. The molecule has 84 valence electrons. The minimum absolute atomic E-state index is 0.0991. The van der Waals surface area contributed by atoms with Gasteiger partial charge in [0.2, 0.25) is 0 Å². The molecular weight excluding hydrogens is 211 g/mol. The largest absolute Gasteiger partial charge is 0.471 e. The normalized spacial score (nSPS) is 23.0. The third-order valence-corrected chi connectivity index (χ3v) is 2.31. The monoisotopic (exact) mass is 221 g/mol. The van der Waals surface area contributed by atoms with Gasteiger partial charge < -0.3 is 9.84 Å². The van der Waals surface area contributed by atoms with E-state index in [-0.39, 0.29) is 11.9 Å². The molecule has 0 spiro atoms. The SMILES string of the molecule is FC(F)(F)c1nc([C@@H]2CCCCN2)no1. The summed E-state index contributed by atoms with van der Waals surface area (Å²) in [6.45, 7) is 0.778. The first-order valence-corrected chi connectivity index (χ1v) is 4.71. The zero-order valence-corrected chi connectivity index (χ0v) is 7.84. The molecule has 0 aliphatic carbocycles. The predicted molar refractivity (Wildman–Crippen MR) is 43.9 cm³/mol. The van der Waals surface area contributed by atoms with Crippen molar-refractivity contribution in [1.82, 2.24) is 15.5 Å². The Labute approximate surface area is 83.8 Å². The van der Waals surface area contributed by atoms with Gasteiger partial charge >= 0.3 is 12.1 Å². The topological polar surface area (TPSA) is 51.0 Å². The van der Waals surface area contributed by atoms with Gasteiger partial charge in [0.15, 0.2) is 5.82 Å². The zero-order chi connectivity index (χ0) is 10.9. The minimum atomic E-state index is -4.56. The Kier molecular flexibility index (Phi) is 2.64. The van der Waals surface area contributed by atoms with Crippen molar-refractivity contribution in [2.24, 2.45) is 0 Å². The van der Waals surface area contributed by atoms with E-state index in [0.717, 1.165) is 25.8 Å². The van der Waals surface area contributed by atoms with E-state index in [9.17, 15) is 13.2 Å². The first kappa shape index (κ1) is 10.4. The molecule has 7 heteroatoms. The van der Waals surface area contributed by atoms with Gasteiger partial charge in [0.1, 0.15) is 0 Å². The molecule has 15 heavy (non-hydrogen) atoms. The van der Waals surface area contributed by atoms with E-state index >= 15 is 0 Å². The molecule has 1 aromatic rings. The van der Waals surface area contributed by atoms with Crippen LogP contribution in [-0.2, 0) is 6.18 Å². The highest BCUT2D eigenvalue weighted by Gasteiger charge is 2.39. The molecule has 0 aromatic carbocycles. The van der Waals surface area contributed by atoms with Gasteiger partial charge in [-0.25, -0.2) is 0 Å².